The fourth-order valence-corrected chi connectivity index (χ4v) is 1.60. The quantitative estimate of drug-likeness (QED) is 0.753. The van der Waals surface area contributed by atoms with Crippen molar-refractivity contribution >= 4 is 17.3 Å². The van der Waals surface area contributed by atoms with Gasteiger partial charge >= 0.3 is 0 Å². The monoisotopic (exact) mass is 242 g/mol. The first-order valence-corrected chi connectivity index (χ1v) is 5.82. The minimum absolute atomic E-state index is 0.515. The Morgan fingerprint density at radius 1 is 1.31 bits per heavy atom. The van der Waals surface area contributed by atoms with Gasteiger partial charge in [-0.3, -0.25) is 0 Å². The van der Waals surface area contributed by atoms with Crippen molar-refractivity contribution in [1.29, 1.82) is 0 Å². The molecule has 0 aliphatic rings. The minimum atomic E-state index is 0.515. The molecular formula is C12H19ClN2O. The van der Waals surface area contributed by atoms with Gasteiger partial charge in [-0.25, -0.2) is 0 Å². The smallest absolute Gasteiger partial charge is 0.137 e. The van der Waals surface area contributed by atoms with Gasteiger partial charge in [-0.1, -0.05) is 25.4 Å². The van der Waals surface area contributed by atoms with Crippen molar-refractivity contribution in [2.24, 2.45) is 0 Å². The second-order valence-electron chi connectivity index (χ2n) is 3.88. The summed E-state index contributed by atoms with van der Waals surface area (Å²) in [5.74, 6) is 0.701. The third kappa shape index (κ3) is 4.29. The Bertz CT molecular complexity index is 329. The molecule has 1 aromatic carbocycles. The van der Waals surface area contributed by atoms with E-state index < -0.39 is 0 Å². The molecule has 0 saturated heterocycles. The zero-order valence-corrected chi connectivity index (χ0v) is 10.8. The molecule has 0 spiro atoms. The highest BCUT2D eigenvalue weighted by atomic mass is 35.5. The van der Waals surface area contributed by atoms with E-state index in [1.165, 1.54) is 0 Å². The summed E-state index contributed by atoms with van der Waals surface area (Å²) in [4.78, 5) is 0. The Labute approximate surface area is 102 Å². The van der Waals surface area contributed by atoms with E-state index in [1.54, 1.807) is 7.11 Å². The summed E-state index contributed by atoms with van der Waals surface area (Å²) in [6, 6.07) is 6.21. The summed E-state index contributed by atoms with van der Waals surface area (Å²) in [7, 11) is 1.61. The molecule has 0 radical (unpaired) electrons. The largest absolute Gasteiger partial charge is 0.495 e. The van der Waals surface area contributed by atoms with Crippen LogP contribution in [0.1, 0.15) is 13.8 Å². The molecule has 0 amide bonds. The molecule has 1 rings (SSSR count). The second-order valence-corrected chi connectivity index (χ2v) is 4.29. The van der Waals surface area contributed by atoms with Crippen molar-refractivity contribution in [3.8, 4) is 5.75 Å². The summed E-state index contributed by atoms with van der Waals surface area (Å²) >= 11 is 6.01. The highest BCUT2D eigenvalue weighted by Gasteiger charge is 2.01. The highest BCUT2D eigenvalue weighted by Crippen LogP contribution is 2.26. The molecule has 3 nitrogen and oxygen atoms in total. The average molecular weight is 243 g/mol. The first kappa shape index (κ1) is 13.1. The fourth-order valence-electron chi connectivity index (χ4n) is 1.34. The molecule has 16 heavy (non-hydrogen) atoms. The van der Waals surface area contributed by atoms with E-state index in [9.17, 15) is 0 Å². The summed E-state index contributed by atoms with van der Waals surface area (Å²) in [5.41, 5.74) is 1.01. The first-order valence-electron chi connectivity index (χ1n) is 5.44. The number of halogens is 1. The van der Waals surface area contributed by atoms with E-state index in [0.717, 1.165) is 18.8 Å². The number of hydrogen-bond acceptors (Lipinski definition) is 3. The van der Waals surface area contributed by atoms with Gasteiger partial charge in [-0.2, -0.15) is 0 Å². The number of methoxy groups -OCH3 is 1. The van der Waals surface area contributed by atoms with E-state index in [2.05, 4.69) is 24.5 Å². The maximum atomic E-state index is 6.01. The minimum Gasteiger partial charge on any atom is -0.495 e. The number of ether oxygens (including phenoxy) is 1. The predicted octanol–water partition coefficient (Wildman–Crippen LogP) is 2.76. The molecular weight excluding hydrogens is 224 g/mol. The van der Waals surface area contributed by atoms with Gasteiger partial charge in [0.25, 0.3) is 0 Å². The molecule has 0 atom stereocenters. The van der Waals surface area contributed by atoms with Gasteiger partial charge in [-0.05, 0) is 18.2 Å². The second kappa shape index (κ2) is 6.61. The van der Waals surface area contributed by atoms with Crippen LogP contribution in [0.3, 0.4) is 0 Å². The van der Waals surface area contributed by atoms with Crippen molar-refractivity contribution in [2.45, 2.75) is 19.9 Å². The molecule has 0 bridgehead atoms. The van der Waals surface area contributed by atoms with Crippen molar-refractivity contribution < 1.29 is 4.74 Å². The highest BCUT2D eigenvalue weighted by molar-refractivity contribution is 6.32. The summed E-state index contributed by atoms with van der Waals surface area (Å²) in [6.45, 7) is 6.07. The van der Waals surface area contributed by atoms with E-state index in [4.69, 9.17) is 16.3 Å². The Balaban J connectivity index is 2.40. The third-order valence-corrected chi connectivity index (χ3v) is 2.45. The van der Waals surface area contributed by atoms with Crippen molar-refractivity contribution in [1.82, 2.24) is 5.32 Å². The van der Waals surface area contributed by atoms with Gasteiger partial charge in [0.1, 0.15) is 5.75 Å². The van der Waals surface area contributed by atoms with Crippen LogP contribution < -0.4 is 15.4 Å². The van der Waals surface area contributed by atoms with E-state index in [-0.39, 0.29) is 0 Å². The molecule has 1 aromatic rings. The van der Waals surface area contributed by atoms with Crippen molar-refractivity contribution in [2.75, 3.05) is 25.5 Å². The molecule has 2 N–H and O–H groups in total. The number of rotatable bonds is 6. The van der Waals surface area contributed by atoms with Crippen LogP contribution >= 0.6 is 11.6 Å². The van der Waals surface area contributed by atoms with Crippen LogP contribution in [0, 0.1) is 0 Å². The number of anilines is 1. The number of benzene rings is 1. The summed E-state index contributed by atoms with van der Waals surface area (Å²) in [5, 5.41) is 7.25. The molecule has 0 heterocycles. The van der Waals surface area contributed by atoms with E-state index >= 15 is 0 Å². The topological polar surface area (TPSA) is 33.3 Å². The van der Waals surface area contributed by atoms with Gasteiger partial charge in [0.05, 0.1) is 12.1 Å². The van der Waals surface area contributed by atoms with E-state index in [1.807, 2.05) is 18.2 Å². The number of hydrogen-bond donors (Lipinski definition) is 2. The lowest BCUT2D eigenvalue weighted by Gasteiger charge is -2.11. The van der Waals surface area contributed by atoms with Gasteiger partial charge < -0.3 is 15.4 Å². The normalized spacial score (nSPS) is 10.6. The molecule has 0 aliphatic heterocycles. The maximum absolute atomic E-state index is 6.01. The van der Waals surface area contributed by atoms with Gasteiger partial charge in [0, 0.05) is 24.8 Å². The third-order valence-electron chi connectivity index (χ3n) is 2.16. The number of nitrogens with one attached hydrogen (secondary N) is 2. The standard InChI is InChI=1S/C12H19ClN2O/c1-9(2)14-6-7-15-10-4-5-12(16-3)11(13)8-10/h4-5,8-9,14-15H,6-7H2,1-3H3. The molecule has 0 aromatic heterocycles. The molecule has 0 unspecified atom stereocenters. The molecule has 4 heteroatoms. The van der Waals surface area contributed by atoms with Crippen molar-refractivity contribution in [3.63, 3.8) is 0 Å². The van der Waals surface area contributed by atoms with Crippen LogP contribution in [0.5, 0.6) is 5.75 Å². The lowest BCUT2D eigenvalue weighted by atomic mass is 10.3. The van der Waals surface area contributed by atoms with Gasteiger partial charge in [-0.15, -0.1) is 0 Å². The molecule has 90 valence electrons. The van der Waals surface area contributed by atoms with Gasteiger partial charge in [0.15, 0.2) is 0 Å². The fraction of sp³-hybridized carbons (Fsp3) is 0.500. The Hall–Kier alpha value is -0.930. The van der Waals surface area contributed by atoms with E-state index in [0.29, 0.717) is 16.8 Å². The van der Waals surface area contributed by atoms with Crippen LogP contribution in [0.4, 0.5) is 5.69 Å². The predicted molar refractivity (Wildman–Crippen MR) is 69.6 cm³/mol. The van der Waals surface area contributed by atoms with Gasteiger partial charge in [0.2, 0.25) is 0 Å². The average Bonchev–Trinajstić information content (AvgIpc) is 2.24. The maximum Gasteiger partial charge on any atom is 0.137 e. The summed E-state index contributed by atoms with van der Waals surface area (Å²) in [6.07, 6.45) is 0. The van der Waals surface area contributed by atoms with Crippen LogP contribution in [0.25, 0.3) is 0 Å². The molecule has 0 aliphatic carbocycles. The Kier molecular flexibility index (Phi) is 5.43. The Morgan fingerprint density at radius 3 is 2.62 bits per heavy atom. The summed E-state index contributed by atoms with van der Waals surface area (Å²) < 4.78 is 5.08. The first-order chi connectivity index (χ1) is 7.63. The van der Waals surface area contributed by atoms with Crippen molar-refractivity contribution in [3.05, 3.63) is 23.2 Å². The van der Waals surface area contributed by atoms with Crippen LogP contribution in [-0.2, 0) is 0 Å². The van der Waals surface area contributed by atoms with Crippen LogP contribution in [0.2, 0.25) is 5.02 Å². The van der Waals surface area contributed by atoms with Crippen LogP contribution in [0.15, 0.2) is 18.2 Å². The Morgan fingerprint density at radius 2 is 2.06 bits per heavy atom. The SMILES string of the molecule is COc1ccc(NCCNC(C)C)cc1Cl. The molecule has 0 fully saturated rings. The zero-order valence-electron chi connectivity index (χ0n) is 10.0. The molecule has 0 saturated carbocycles. The lowest BCUT2D eigenvalue weighted by molar-refractivity contribution is 0.415. The van der Waals surface area contributed by atoms with Crippen LogP contribution in [-0.4, -0.2) is 26.2 Å². The zero-order chi connectivity index (χ0) is 12.0. The lowest BCUT2D eigenvalue weighted by Crippen LogP contribution is -2.28.